The topological polar surface area (TPSA) is 119 Å². The number of hydrogen-bond acceptors (Lipinski definition) is 6. The third-order valence-corrected chi connectivity index (χ3v) is 3.73. The molecule has 5 N–H and O–H groups in total. The highest BCUT2D eigenvalue weighted by Crippen LogP contribution is 2.21. The maximum absolute atomic E-state index is 11.5. The zero-order valence-corrected chi connectivity index (χ0v) is 12.9. The van der Waals surface area contributed by atoms with Crippen LogP contribution in [0, 0.1) is 0 Å². The van der Waals surface area contributed by atoms with E-state index in [9.17, 15) is 18.1 Å². The molecule has 0 aliphatic carbocycles. The van der Waals surface area contributed by atoms with Gasteiger partial charge in [-0.25, -0.2) is 0 Å². The summed E-state index contributed by atoms with van der Waals surface area (Å²) in [7, 11) is -4.34. The first-order chi connectivity index (χ1) is 9.74. The molecule has 0 radical (unpaired) electrons. The molecular weight excluding hydrogens is 296 g/mol. The lowest BCUT2D eigenvalue weighted by molar-refractivity contribution is 0.105. The standard InChI is InChI=1S/C13H22N2O5S/c1-9(2)14-6-10-3-4-11(15-7-12(17)8-16)5-13(10)21(18,19)20/h3-5,9,12,14-17H,6-8H2,1-2H3,(H,18,19,20). The van der Waals surface area contributed by atoms with E-state index in [0.29, 0.717) is 17.8 Å². The van der Waals surface area contributed by atoms with Crippen molar-refractivity contribution in [3.8, 4) is 0 Å². The summed E-state index contributed by atoms with van der Waals surface area (Å²) in [6.45, 7) is 3.85. The van der Waals surface area contributed by atoms with Crippen LogP contribution < -0.4 is 10.6 Å². The van der Waals surface area contributed by atoms with Gasteiger partial charge in [-0.05, 0) is 17.7 Å². The third kappa shape index (κ3) is 5.98. The Labute approximate surface area is 124 Å². The van der Waals surface area contributed by atoms with E-state index in [4.69, 9.17) is 5.11 Å². The van der Waals surface area contributed by atoms with Crippen LogP contribution in [0.25, 0.3) is 0 Å². The first-order valence-corrected chi connectivity index (χ1v) is 8.04. The van der Waals surface area contributed by atoms with Crippen LogP contribution in [0.5, 0.6) is 0 Å². The van der Waals surface area contributed by atoms with Gasteiger partial charge in [0.25, 0.3) is 10.1 Å². The van der Waals surface area contributed by atoms with Crippen molar-refractivity contribution in [1.29, 1.82) is 0 Å². The van der Waals surface area contributed by atoms with E-state index in [1.807, 2.05) is 13.8 Å². The Balaban J connectivity index is 2.96. The van der Waals surface area contributed by atoms with Crippen LogP contribution in [0.15, 0.2) is 23.1 Å². The molecule has 0 aliphatic heterocycles. The van der Waals surface area contributed by atoms with Crippen LogP contribution in [-0.2, 0) is 16.7 Å². The molecular formula is C13H22N2O5S. The van der Waals surface area contributed by atoms with Gasteiger partial charge >= 0.3 is 0 Å². The van der Waals surface area contributed by atoms with Crippen LogP contribution in [0.2, 0.25) is 0 Å². The summed E-state index contributed by atoms with van der Waals surface area (Å²) in [6.07, 6.45) is -0.943. The highest BCUT2D eigenvalue weighted by molar-refractivity contribution is 7.85. The Morgan fingerprint density at radius 3 is 2.48 bits per heavy atom. The van der Waals surface area contributed by atoms with Gasteiger partial charge in [0, 0.05) is 24.8 Å². The molecule has 0 bridgehead atoms. The van der Waals surface area contributed by atoms with Gasteiger partial charge in [-0.3, -0.25) is 4.55 Å². The average Bonchev–Trinajstić information content (AvgIpc) is 2.41. The Morgan fingerprint density at radius 1 is 1.29 bits per heavy atom. The first-order valence-electron chi connectivity index (χ1n) is 6.60. The first kappa shape index (κ1) is 17.9. The molecule has 21 heavy (non-hydrogen) atoms. The largest absolute Gasteiger partial charge is 0.394 e. The van der Waals surface area contributed by atoms with Gasteiger partial charge in [0.05, 0.1) is 12.7 Å². The average molecular weight is 318 g/mol. The van der Waals surface area contributed by atoms with Crippen molar-refractivity contribution in [3.63, 3.8) is 0 Å². The lowest BCUT2D eigenvalue weighted by atomic mass is 10.2. The van der Waals surface area contributed by atoms with E-state index in [-0.39, 0.29) is 17.5 Å². The molecule has 1 atom stereocenters. The second-order valence-corrected chi connectivity index (χ2v) is 6.44. The van der Waals surface area contributed by atoms with Crippen molar-refractivity contribution in [2.24, 2.45) is 0 Å². The fourth-order valence-electron chi connectivity index (χ4n) is 1.66. The number of aliphatic hydroxyl groups is 2. The van der Waals surface area contributed by atoms with E-state index in [2.05, 4.69) is 10.6 Å². The van der Waals surface area contributed by atoms with Gasteiger partial charge in [-0.2, -0.15) is 8.42 Å². The van der Waals surface area contributed by atoms with E-state index in [1.165, 1.54) is 6.07 Å². The summed E-state index contributed by atoms with van der Waals surface area (Å²) in [5.41, 5.74) is 0.892. The van der Waals surface area contributed by atoms with Crippen molar-refractivity contribution in [3.05, 3.63) is 23.8 Å². The summed E-state index contributed by atoms with van der Waals surface area (Å²) in [6, 6.07) is 4.72. The molecule has 7 nitrogen and oxygen atoms in total. The smallest absolute Gasteiger partial charge is 0.294 e. The monoisotopic (exact) mass is 318 g/mol. The zero-order valence-electron chi connectivity index (χ0n) is 12.1. The van der Waals surface area contributed by atoms with Crippen LogP contribution in [0.3, 0.4) is 0 Å². The predicted octanol–water partition coefficient (Wildman–Crippen LogP) is 0.196. The number of aliphatic hydroxyl groups excluding tert-OH is 2. The number of nitrogens with one attached hydrogen (secondary N) is 2. The lowest BCUT2D eigenvalue weighted by Crippen LogP contribution is -2.24. The highest BCUT2D eigenvalue weighted by Gasteiger charge is 2.16. The Bertz CT molecular complexity index is 560. The molecule has 0 spiro atoms. The quantitative estimate of drug-likeness (QED) is 0.434. The van der Waals surface area contributed by atoms with Gasteiger partial charge < -0.3 is 20.8 Å². The zero-order chi connectivity index (χ0) is 16.0. The minimum absolute atomic E-state index is 0.0744. The SMILES string of the molecule is CC(C)NCc1ccc(NCC(O)CO)cc1S(=O)(=O)O. The molecule has 1 rings (SSSR count). The Hall–Kier alpha value is -1.19. The van der Waals surface area contributed by atoms with E-state index in [1.54, 1.807) is 12.1 Å². The van der Waals surface area contributed by atoms with E-state index in [0.717, 1.165) is 0 Å². The summed E-state index contributed by atoms with van der Waals surface area (Å²) >= 11 is 0. The molecule has 0 aromatic heterocycles. The fourth-order valence-corrected chi connectivity index (χ4v) is 2.41. The molecule has 0 fully saturated rings. The normalized spacial score (nSPS) is 13.4. The molecule has 0 aliphatic rings. The maximum Gasteiger partial charge on any atom is 0.294 e. The fraction of sp³-hybridized carbons (Fsp3) is 0.538. The predicted molar refractivity (Wildman–Crippen MR) is 79.8 cm³/mol. The molecule has 0 heterocycles. The second kappa shape index (κ2) is 7.71. The number of rotatable bonds is 8. The Morgan fingerprint density at radius 2 is 1.95 bits per heavy atom. The van der Waals surface area contributed by atoms with Crippen molar-refractivity contribution in [2.45, 2.75) is 37.4 Å². The van der Waals surface area contributed by atoms with Crippen LogP contribution in [-0.4, -0.2) is 48.5 Å². The molecule has 0 saturated carbocycles. The minimum Gasteiger partial charge on any atom is -0.394 e. The van der Waals surface area contributed by atoms with Gasteiger partial charge in [0.15, 0.2) is 0 Å². The molecule has 0 amide bonds. The molecule has 0 saturated heterocycles. The van der Waals surface area contributed by atoms with Gasteiger partial charge in [0.2, 0.25) is 0 Å². The lowest BCUT2D eigenvalue weighted by Gasteiger charge is -2.14. The summed E-state index contributed by atoms with van der Waals surface area (Å²) < 4.78 is 32.2. The molecule has 1 aromatic rings. The van der Waals surface area contributed by atoms with Crippen LogP contribution in [0.4, 0.5) is 5.69 Å². The minimum atomic E-state index is -4.34. The van der Waals surface area contributed by atoms with E-state index < -0.39 is 22.8 Å². The summed E-state index contributed by atoms with van der Waals surface area (Å²) in [4.78, 5) is -0.181. The van der Waals surface area contributed by atoms with Gasteiger partial charge in [-0.15, -0.1) is 0 Å². The summed E-state index contributed by atoms with van der Waals surface area (Å²) in [5, 5.41) is 23.9. The third-order valence-electron chi connectivity index (χ3n) is 2.80. The molecule has 8 heteroatoms. The molecule has 1 unspecified atom stereocenters. The molecule has 120 valence electrons. The number of anilines is 1. The van der Waals surface area contributed by atoms with Crippen molar-refractivity contribution in [1.82, 2.24) is 5.32 Å². The van der Waals surface area contributed by atoms with E-state index >= 15 is 0 Å². The summed E-state index contributed by atoms with van der Waals surface area (Å²) in [5.74, 6) is 0. The maximum atomic E-state index is 11.5. The second-order valence-electron chi connectivity index (χ2n) is 5.05. The van der Waals surface area contributed by atoms with Crippen molar-refractivity contribution >= 4 is 15.8 Å². The molecule has 1 aromatic carbocycles. The van der Waals surface area contributed by atoms with Gasteiger partial charge in [-0.1, -0.05) is 19.9 Å². The van der Waals surface area contributed by atoms with Crippen molar-refractivity contribution in [2.75, 3.05) is 18.5 Å². The van der Waals surface area contributed by atoms with Crippen molar-refractivity contribution < 1.29 is 23.2 Å². The number of hydrogen-bond donors (Lipinski definition) is 5. The van der Waals surface area contributed by atoms with Gasteiger partial charge in [0.1, 0.15) is 4.90 Å². The number of benzene rings is 1. The van der Waals surface area contributed by atoms with Crippen LogP contribution >= 0.6 is 0 Å². The highest BCUT2D eigenvalue weighted by atomic mass is 32.2. The van der Waals surface area contributed by atoms with Crippen LogP contribution in [0.1, 0.15) is 19.4 Å². The Kier molecular flexibility index (Phi) is 6.56.